The van der Waals surface area contributed by atoms with Crippen LogP contribution in [0.5, 0.6) is 0 Å². The molecule has 0 saturated heterocycles. The lowest BCUT2D eigenvalue weighted by atomic mass is 9.99. The lowest BCUT2D eigenvalue weighted by Gasteiger charge is -2.35. The van der Waals surface area contributed by atoms with Crippen molar-refractivity contribution in [1.29, 1.82) is 0 Å². The van der Waals surface area contributed by atoms with Crippen molar-refractivity contribution >= 4 is 89.4 Å². The molecule has 0 atom stereocenters. The molecule has 3 heterocycles. The molecule has 10 aromatic carbocycles. The molecule has 0 fully saturated rings. The lowest BCUT2D eigenvalue weighted by Crippen LogP contribution is -2.74. The van der Waals surface area contributed by atoms with E-state index in [1.54, 1.807) is 0 Å². The van der Waals surface area contributed by atoms with E-state index >= 15 is 0 Å². The number of nitrogens with zero attached hydrogens (tertiary/aromatic N) is 3. The Bertz CT molecular complexity index is 4100. The quantitative estimate of drug-likeness (QED) is 0.107. The summed E-state index contributed by atoms with van der Waals surface area (Å²) in [4.78, 5) is 0. The summed E-state index contributed by atoms with van der Waals surface area (Å²) in [6, 6.07) is 93.0. The molecule has 3 aromatic heterocycles. The number of aromatic nitrogens is 3. The minimum absolute atomic E-state index is 1.03. The maximum absolute atomic E-state index is 2.92. The first-order chi connectivity index (χ1) is 34.7. The number of hydrogen-bond acceptors (Lipinski definition) is 0. The van der Waals surface area contributed by atoms with Crippen LogP contribution in [0.2, 0.25) is 0 Å². The maximum Gasteiger partial charge on any atom is 0.179 e. The van der Waals surface area contributed by atoms with E-state index in [2.05, 4.69) is 275 Å². The molecular weight excluding hydrogens is 863 g/mol. The summed E-state index contributed by atoms with van der Waals surface area (Å²) >= 11 is 0. The Morgan fingerprint density at radius 2 is 0.771 bits per heavy atom. The molecule has 1 aliphatic rings. The SMILES string of the molecule is C1=Cc2c(n(-c3ccccc3)c3ccc(-c4cccc([Si](c5ccccc5)(c5ccccc5)c5ccc(-n6c7ccccc7c7cc8c(cc76)c6ccccc6n8-c6ccccc6)cc5)c4)cc23)CC1. The highest BCUT2D eigenvalue weighted by atomic mass is 28.3. The summed E-state index contributed by atoms with van der Waals surface area (Å²) in [5.41, 5.74) is 14.8. The van der Waals surface area contributed by atoms with Gasteiger partial charge in [0.2, 0.25) is 0 Å². The predicted octanol–water partition coefficient (Wildman–Crippen LogP) is 13.8. The van der Waals surface area contributed by atoms with Crippen molar-refractivity contribution in [3.63, 3.8) is 0 Å². The first kappa shape index (κ1) is 40.4. The number of benzene rings is 10. The number of allylic oxidation sites excluding steroid dienone is 1. The van der Waals surface area contributed by atoms with Gasteiger partial charge in [-0.25, -0.2) is 0 Å². The Balaban J connectivity index is 0.956. The monoisotopic (exact) mass is 909 g/mol. The average molecular weight is 910 g/mol. The van der Waals surface area contributed by atoms with E-state index in [0.29, 0.717) is 0 Å². The van der Waals surface area contributed by atoms with Gasteiger partial charge in [-0.15, -0.1) is 0 Å². The molecule has 0 amide bonds. The molecule has 0 spiro atoms. The third-order valence-corrected chi connectivity index (χ3v) is 19.8. The van der Waals surface area contributed by atoms with E-state index in [1.165, 1.54) is 103 Å². The molecule has 0 aliphatic heterocycles. The van der Waals surface area contributed by atoms with E-state index < -0.39 is 8.07 Å². The zero-order chi connectivity index (χ0) is 46.2. The molecule has 1 aliphatic carbocycles. The lowest BCUT2D eigenvalue weighted by molar-refractivity contribution is 0.888. The van der Waals surface area contributed by atoms with E-state index in [-0.39, 0.29) is 0 Å². The molecule has 330 valence electrons. The van der Waals surface area contributed by atoms with Crippen molar-refractivity contribution in [1.82, 2.24) is 13.7 Å². The summed E-state index contributed by atoms with van der Waals surface area (Å²) in [7, 11) is -2.92. The van der Waals surface area contributed by atoms with Crippen LogP contribution in [0.15, 0.2) is 255 Å². The first-order valence-corrected chi connectivity index (χ1v) is 26.5. The Labute approximate surface area is 408 Å². The highest BCUT2D eigenvalue weighted by Crippen LogP contribution is 2.40. The zero-order valence-electron chi connectivity index (χ0n) is 38.6. The fourth-order valence-electron chi connectivity index (χ4n) is 12.0. The highest BCUT2D eigenvalue weighted by molar-refractivity contribution is 7.19. The van der Waals surface area contributed by atoms with Crippen molar-refractivity contribution in [3.05, 3.63) is 266 Å². The molecule has 14 rings (SSSR count). The topological polar surface area (TPSA) is 14.8 Å². The molecule has 0 N–H and O–H groups in total. The second-order valence-corrected chi connectivity index (χ2v) is 22.6. The molecule has 0 radical (unpaired) electrons. The molecule has 3 nitrogen and oxygen atoms in total. The van der Waals surface area contributed by atoms with Crippen LogP contribution in [-0.4, -0.2) is 21.8 Å². The second-order valence-electron chi connectivity index (χ2n) is 18.7. The number of fused-ring (bicyclic) bond motifs is 9. The largest absolute Gasteiger partial charge is 0.313 e. The average Bonchev–Trinajstić information content (AvgIpc) is 4.07. The van der Waals surface area contributed by atoms with Gasteiger partial charge in [0.05, 0.1) is 27.6 Å². The third-order valence-electron chi connectivity index (χ3n) is 15.0. The summed E-state index contributed by atoms with van der Waals surface area (Å²) in [5, 5.41) is 11.7. The van der Waals surface area contributed by atoms with Crippen LogP contribution in [-0.2, 0) is 6.42 Å². The summed E-state index contributed by atoms with van der Waals surface area (Å²) in [6.07, 6.45) is 6.77. The van der Waals surface area contributed by atoms with Gasteiger partial charge in [0.1, 0.15) is 0 Å². The summed E-state index contributed by atoms with van der Waals surface area (Å²) < 4.78 is 7.38. The van der Waals surface area contributed by atoms with Crippen LogP contribution in [0.1, 0.15) is 17.7 Å². The van der Waals surface area contributed by atoms with Crippen molar-refractivity contribution in [2.75, 3.05) is 0 Å². The Hall–Kier alpha value is -8.70. The van der Waals surface area contributed by atoms with E-state index in [1.807, 2.05) is 0 Å². The summed E-state index contributed by atoms with van der Waals surface area (Å²) in [6.45, 7) is 0. The molecule has 13 aromatic rings. The van der Waals surface area contributed by atoms with Gasteiger partial charge in [-0.3, -0.25) is 0 Å². The van der Waals surface area contributed by atoms with E-state index in [4.69, 9.17) is 0 Å². The van der Waals surface area contributed by atoms with Crippen LogP contribution in [0.25, 0.3) is 88.8 Å². The molecule has 70 heavy (non-hydrogen) atoms. The minimum Gasteiger partial charge on any atom is -0.313 e. The van der Waals surface area contributed by atoms with Crippen molar-refractivity contribution in [2.45, 2.75) is 12.8 Å². The van der Waals surface area contributed by atoms with Crippen molar-refractivity contribution in [2.24, 2.45) is 0 Å². The van der Waals surface area contributed by atoms with Crippen molar-refractivity contribution < 1.29 is 0 Å². The predicted molar refractivity (Wildman–Crippen MR) is 298 cm³/mol. The Morgan fingerprint density at radius 3 is 1.37 bits per heavy atom. The van der Waals surface area contributed by atoms with Crippen LogP contribution < -0.4 is 20.7 Å². The fourth-order valence-corrected chi connectivity index (χ4v) is 16.8. The molecule has 0 saturated carbocycles. The van der Waals surface area contributed by atoms with Gasteiger partial charge in [0.15, 0.2) is 8.07 Å². The molecule has 0 bridgehead atoms. The van der Waals surface area contributed by atoms with Gasteiger partial charge in [-0.2, -0.15) is 0 Å². The number of rotatable bonds is 8. The van der Waals surface area contributed by atoms with Crippen LogP contribution in [0.4, 0.5) is 0 Å². The van der Waals surface area contributed by atoms with Gasteiger partial charge in [0, 0.05) is 55.3 Å². The van der Waals surface area contributed by atoms with Gasteiger partial charge >= 0.3 is 0 Å². The van der Waals surface area contributed by atoms with E-state index in [0.717, 1.165) is 24.2 Å². The van der Waals surface area contributed by atoms with Gasteiger partial charge < -0.3 is 13.7 Å². The van der Waals surface area contributed by atoms with Crippen LogP contribution in [0.3, 0.4) is 0 Å². The maximum atomic E-state index is 2.50. The van der Waals surface area contributed by atoms with E-state index in [9.17, 15) is 0 Å². The van der Waals surface area contributed by atoms with Gasteiger partial charge in [0.25, 0.3) is 0 Å². The standard InChI is InChI=1S/C66H47N3Si/c1-5-21-48(22-6-1)67-61-33-16-13-30-55(61)58-43-47(36-41-64(58)67)46-20-19-29-54(42-46)70(51-25-9-3-10-26-51,52-27-11-4-12-28-52)53-39-37-50(38-40-53)69-63-35-18-15-32-57(63)60-44-65-59(45-66(60)69)56-31-14-17-34-62(56)68(65)49-23-7-2-8-24-49/h1-15,17-32,34-45H,16,33H2. The number of hydrogen-bond donors (Lipinski definition) is 0. The minimum atomic E-state index is -2.92. The second kappa shape index (κ2) is 16.2. The normalized spacial score (nSPS) is 12.7. The van der Waals surface area contributed by atoms with Gasteiger partial charge in [-0.05, 0) is 118 Å². The highest BCUT2D eigenvalue weighted by Gasteiger charge is 2.41. The zero-order valence-corrected chi connectivity index (χ0v) is 39.6. The summed E-state index contributed by atoms with van der Waals surface area (Å²) in [5.74, 6) is 0. The number of para-hydroxylation sites is 4. The van der Waals surface area contributed by atoms with Crippen LogP contribution in [0, 0.1) is 0 Å². The van der Waals surface area contributed by atoms with Crippen molar-refractivity contribution in [3.8, 4) is 28.2 Å². The Morgan fingerprint density at radius 1 is 0.300 bits per heavy atom. The van der Waals surface area contributed by atoms with Gasteiger partial charge in [-0.1, -0.05) is 188 Å². The smallest absolute Gasteiger partial charge is 0.179 e. The Kier molecular flexibility index (Phi) is 9.36. The molecular formula is C66H47N3Si. The first-order valence-electron chi connectivity index (χ1n) is 24.5. The fraction of sp³-hybridized carbons (Fsp3) is 0.0303. The molecule has 0 unspecified atom stereocenters. The van der Waals surface area contributed by atoms with Crippen LogP contribution >= 0.6 is 0 Å². The molecule has 4 heteroatoms. The third kappa shape index (κ3) is 6.13.